The molecule has 2 aromatic heterocycles. The van der Waals surface area contributed by atoms with Crippen molar-refractivity contribution in [2.24, 2.45) is 0 Å². The summed E-state index contributed by atoms with van der Waals surface area (Å²) < 4.78 is 13.4. The highest BCUT2D eigenvalue weighted by atomic mass is 32.2. The van der Waals surface area contributed by atoms with Crippen LogP contribution < -0.4 is 0 Å². The number of aromatic nitrogens is 2. The average molecular weight is 324 g/mol. The van der Waals surface area contributed by atoms with E-state index in [9.17, 15) is 4.21 Å². The van der Waals surface area contributed by atoms with Gasteiger partial charge in [-0.2, -0.15) is 5.10 Å². The summed E-state index contributed by atoms with van der Waals surface area (Å²) in [6.45, 7) is 4.31. The van der Waals surface area contributed by atoms with Crippen LogP contribution in [0.2, 0.25) is 0 Å². The molecule has 4 heteroatoms. The first-order valence-electron chi connectivity index (χ1n) is 7.65. The second kappa shape index (κ2) is 6.50. The largest absolute Gasteiger partial charge is 0.255 e. The van der Waals surface area contributed by atoms with Crippen molar-refractivity contribution in [2.45, 2.75) is 24.7 Å². The Morgan fingerprint density at radius 3 is 2.48 bits per heavy atom. The SMILES string of the molecule is CC(C)c1nn2ccccc2c1/C=C/c1ccc(S(C)=O)cc1. The van der Waals surface area contributed by atoms with Gasteiger partial charge < -0.3 is 0 Å². The van der Waals surface area contributed by atoms with Crippen LogP contribution in [-0.2, 0) is 10.8 Å². The minimum Gasteiger partial charge on any atom is -0.255 e. The number of benzene rings is 1. The molecule has 3 aromatic rings. The molecule has 0 spiro atoms. The fourth-order valence-electron chi connectivity index (χ4n) is 2.58. The molecule has 3 nitrogen and oxygen atoms in total. The molecule has 0 bridgehead atoms. The van der Waals surface area contributed by atoms with Gasteiger partial charge >= 0.3 is 0 Å². The van der Waals surface area contributed by atoms with Crippen molar-refractivity contribution in [1.29, 1.82) is 0 Å². The normalized spacial score (nSPS) is 13.2. The first-order valence-corrected chi connectivity index (χ1v) is 9.21. The molecule has 0 fully saturated rings. The lowest BCUT2D eigenvalue weighted by Gasteiger charge is -2.02. The Morgan fingerprint density at radius 1 is 1.09 bits per heavy atom. The molecule has 0 aliphatic rings. The van der Waals surface area contributed by atoms with Crippen LogP contribution in [0.15, 0.2) is 53.6 Å². The number of hydrogen-bond acceptors (Lipinski definition) is 2. The molecule has 0 amide bonds. The van der Waals surface area contributed by atoms with Crippen molar-refractivity contribution in [1.82, 2.24) is 9.61 Å². The molecule has 0 saturated heterocycles. The molecular weight excluding hydrogens is 304 g/mol. The Kier molecular flexibility index (Phi) is 4.44. The monoisotopic (exact) mass is 324 g/mol. The van der Waals surface area contributed by atoms with Crippen LogP contribution in [0, 0.1) is 0 Å². The molecule has 1 unspecified atom stereocenters. The Hall–Kier alpha value is -2.20. The van der Waals surface area contributed by atoms with Crippen LogP contribution in [0.5, 0.6) is 0 Å². The van der Waals surface area contributed by atoms with E-state index in [0.29, 0.717) is 5.92 Å². The number of rotatable bonds is 4. The fraction of sp³-hybridized carbons (Fsp3) is 0.211. The topological polar surface area (TPSA) is 34.4 Å². The van der Waals surface area contributed by atoms with Crippen molar-refractivity contribution in [3.05, 3.63) is 65.5 Å². The molecule has 0 N–H and O–H groups in total. The first-order chi connectivity index (χ1) is 11.1. The van der Waals surface area contributed by atoms with Crippen LogP contribution in [-0.4, -0.2) is 20.1 Å². The summed E-state index contributed by atoms with van der Waals surface area (Å²) in [7, 11) is -0.937. The molecule has 2 heterocycles. The maximum Gasteiger partial charge on any atom is 0.0737 e. The maximum absolute atomic E-state index is 11.4. The summed E-state index contributed by atoms with van der Waals surface area (Å²) in [5.74, 6) is 0.361. The zero-order chi connectivity index (χ0) is 16.4. The third kappa shape index (κ3) is 3.27. The lowest BCUT2D eigenvalue weighted by molar-refractivity contribution is 0.687. The molecule has 0 saturated carbocycles. The van der Waals surface area contributed by atoms with Gasteiger partial charge in [0.2, 0.25) is 0 Å². The van der Waals surface area contributed by atoms with Crippen molar-refractivity contribution in [2.75, 3.05) is 6.26 Å². The Morgan fingerprint density at radius 2 is 1.83 bits per heavy atom. The number of nitrogens with zero attached hydrogens (tertiary/aromatic N) is 2. The quantitative estimate of drug-likeness (QED) is 0.714. The predicted octanol–water partition coefficient (Wildman–Crippen LogP) is 4.37. The summed E-state index contributed by atoms with van der Waals surface area (Å²) in [5.41, 5.74) is 4.45. The highest BCUT2D eigenvalue weighted by molar-refractivity contribution is 7.84. The summed E-state index contributed by atoms with van der Waals surface area (Å²) in [4.78, 5) is 0.848. The maximum atomic E-state index is 11.4. The van der Waals surface area contributed by atoms with Crippen LogP contribution in [0.3, 0.4) is 0 Å². The highest BCUT2D eigenvalue weighted by Crippen LogP contribution is 2.25. The van der Waals surface area contributed by atoms with E-state index >= 15 is 0 Å². The lowest BCUT2D eigenvalue weighted by Crippen LogP contribution is -1.91. The van der Waals surface area contributed by atoms with Gasteiger partial charge in [-0.15, -0.1) is 0 Å². The molecule has 0 radical (unpaired) electrons. The van der Waals surface area contributed by atoms with Crippen molar-refractivity contribution in [3.63, 3.8) is 0 Å². The summed E-state index contributed by atoms with van der Waals surface area (Å²) >= 11 is 0. The van der Waals surface area contributed by atoms with Gasteiger partial charge in [0.15, 0.2) is 0 Å². The number of pyridine rings is 1. The molecule has 0 aliphatic carbocycles. The Bertz CT molecular complexity index is 876. The number of hydrogen-bond donors (Lipinski definition) is 0. The van der Waals surface area contributed by atoms with E-state index < -0.39 is 10.8 Å². The third-order valence-electron chi connectivity index (χ3n) is 3.81. The molecule has 3 rings (SSSR count). The van der Waals surface area contributed by atoms with Crippen molar-refractivity contribution >= 4 is 28.5 Å². The van der Waals surface area contributed by atoms with Crippen molar-refractivity contribution in [3.8, 4) is 0 Å². The van der Waals surface area contributed by atoms with Crippen LogP contribution in [0.25, 0.3) is 17.7 Å². The first kappa shape index (κ1) is 15.7. The van der Waals surface area contributed by atoms with Crippen LogP contribution >= 0.6 is 0 Å². The lowest BCUT2D eigenvalue weighted by atomic mass is 10.0. The van der Waals surface area contributed by atoms with Gasteiger partial charge in [-0.3, -0.25) is 4.21 Å². The molecule has 0 aliphatic heterocycles. The Balaban J connectivity index is 2.00. The summed E-state index contributed by atoms with van der Waals surface area (Å²) in [5, 5.41) is 4.69. The molecule has 23 heavy (non-hydrogen) atoms. The van der Waals surface area contributed by atoms with Gasteiger partial charge in [-0.25, -0.2) is 4.52 Å². The van der Waals surface area contributed by atoms with Gasteiger partial charge in [-0.1, -0.05) is 44.2 Å². The highest BCUT2D eigenvalue weighted by Gasteiger charge is 2.12. The zero-order valence-corrected chi connectivity index (χ0v) is 14.4. The Labute approximate surface area is 139 Å². The van der Waals surface area contributed by atoms with E-state index in [-0.39, 0.29) is 0 Å². The predicted molar refractivity (Wildman–Crippen MR) is 97.0 cm³/mol. The van der Waals surface area contributed by atoms with Gasteiger partial charge in [0, 0.05) is 33.7 Å². The molecule has 118 valence electrons. The smallest absolute Gasteiger partial charge is 0.0737 e. The molecule has 1 atom stereocenters. The summed E-state index contributed by atoms with van der Waals surface area (Å²) in [6.07, 6.45) is 7.87. The average Bonchev–Trinajstić information content (AvgIpc) is 2.92. The molecular formula is C19H20N2OS. The molecule has 1 aromatic carbocycles. The van der Waals surface area contributed by atoms with E-state index in [1.807, 2.05) is 47.1 Å². The standard InChI is InChI=1S/C19H20N2OS/c1-14(2)19-17(18-6-4-5-13-21(18)20-19)12-9-15-7-10-16(11-8-15)23(3)22/h4-14H,1-3H3/b12-9+. The van der Waals surface area contributed by atoms with Crippen molar-refractivity contribution < 1.29 is 4.21 Å². The van der Waals surface area contributed by atoms with E-state index in [4.69, 9.17) is 0 Å². The van der Waals surface area contributed by atoms with Crippen LogP contribution in [0.4, 0.5) is 0 Å². The number of fused-ring (bicyclic) bond motifs is 1. The fourth-order valence-corrected chi connectivity index (χ4v) is 3.10. The van der Waals surface area contributed by atoms with E-state index in [1.165, 1.54) is 0 Å². The van der Waals surface area contributed by atoms with Gasteiger partial charge in [-0.05, 0) is 35.7 Å². The van der Waals surface area contributed by atoms with Gasteiger partial charge in [0.05, 0.1) is 11.2 Å². The van der Waals surface area contributed by atoms with E-state index in [0.717, 1.165) is 27.2 Å². The second-order valence-electron chi connectivity index (χ2n) is 5.84. The van der Waals surface area contributed by atoms with Gasteiger partial charge in [0.25, 0.3) is 0 Å². The van der Waals surface area contributed by atoms with Crippen LogP contribution in [0.1, 0.15) is 36.6 Å². The zero-order valence-electron chi connectivity index (χ0n) is 13.6. The minimum absolute atomic E-state index is 0.361. The van der Waals surface area contributed by atoms with Gasteiger partial charge in [0.1, 0.15) is 0 Å². The third-order valence-corrected chi connectivity index (χ3v) is 4.74. The van der Waals surface area contributed by atoms with E-state index in [1.54, 1.807) is 6.26 Å². The minimum atomic E-state index is -0.937. The van der Waals surface area contributed by atoms with E-state index in [2.05, 4.69) is 37.2 Å². The summed E-state index contributed by atoms with van der Waals surface area (Å²) in [6, 6.07) is 13.9. The second-order valence-corrected chi connectivity index (χ2v) is 7.22.